The van der Waals surface area contributed by atoms with Crippen molar-refractivity contribution in [2.75, 3.05) is 32.1 Å². The van der Waals surface area contributed by atoms with E-state index in [0.29, 0.717) is 6.04 Å². The van der Waals surface area contributed by atoms with Crippen LogP contribution in [0.5, 0.6) is 5.75 Å². The van der Waals surface area contributed by atoms with Gasteiger partial charge in [-0.3, -0.25) is 0 Å². The maximum Gasteiger partial charge on any atom is 0.142 e. The van der Waals surface area contributed by atoms with Gasteiger partial charge in [-0.25, -0.2) is 0 Å². The molecule has 1 aromatic carbocycles. The van der Waals surface area contributed by atoms with Gasteiger partial charge in [-0.1, -0.05) is 19.1 Å². The van der Waals surface area contributed by atoms with Crippen LogP contribution in [0.2, 0.25) is 0 Å². The Morgan fingerprint density at radius 2 is 2.11 bits per heavy atom. The van der Waals surface area contributed by atoms with E-state index in [1.165, 1.54) is 32.4 Å². The molecule has 106 valence electrons. The molecule has 0 amide bonds. The van der Waals surface area contributed by atoms with Crippen LogP contribution < -0.4 is 10.1 Å². The average molecular weight is 262 g/mol. The molecule has 19 heavy (non-hydrogen) atoms. The number of nitrogens with zero attached hydrogens (tertiary/aromatic N) is 1. The normalized spacial score (nSPS) is 20.8. The lowest BCUT2D eigenvalue weighted by molar-refractivity contribution is 0.318. The van der Waals surface area contributed by atoms with Crippen molar-refractivity contribution in [1.82, 2.24) is 4.90 Å². The van der Waals surface area contributed by atoms with Gasteiger partial charge in [0.15, 0.2) is 0 Å². The topological polar surface area (TPSA) is 24.5 Å². The molecule has 0 saturated carbocycles. The van der Waals surface area contributed by atoms with E-state index in [0.717, 1.165) is 24.5 Å². The van der Waals surface area contributed by atoms with Crippen LogP contribution in [-0.2, 0) is 0 Å². The summed E-state index contributed by atoms with van der Waals surface area (Å²) in [6.45, 7) is 5.31. The lowest BCUT2D eigenvalue weighted by atomic mass is 10.1. The van der Waals surface area contributed by atoms with Crippen LogP contribution in [0, 0.1) is 0 Å². The monoisotopic (exact) mass is 262 g/mol. The zero-order chi connectivity index (χ0) is 13.5. The first kappa shape index (κ1) is 14.2. The second-order valence-corrected chi connectivity index (χ2v) is 5.42. The molecule has 1 heterocycles. The number of anilines is 1. The van der Waals surface area contributed by atoms with Crippen molar-refractivity contribution < 1.29 is 4.74 Å². The third kappa shape index (κ3) is 4.43. The minimum Gasteiger partial charge on any atom is -0.491 e. The van der Waals surface area contributed by atoms with Crippen LogP contribution in [0.1, 0.15) is 32.6 Å². The van der Waals surface area contributed by atoms with Gasteiger partial charge in [-0.2, -0.15) is 0 Å². The highest BCUT2D eigenvalue weighted by atomic mass is 16.5. The molecule has 1 atom stereocenters. The summed E-state index contributed by atoms with van der Waals surface area (Å²) in [7, 11) is 2.21. The highest BCUT2D eigenvalue weighted by Crippen LogP contribution is 2.26. The van der Waals surface area contributed by atoms with E-state index in [4.69, 9.17) is 4.74 Å². The van der Waals surface area contributed by atoms with Crippen LogP contribution >= 0.6 is 0 Å². The van der Waals surface area contributed by atoms with Gasteiger partial charge in [0, 0.05) is 6.04 Å². The van der Waals surface area contributed by atoms with Gasteiger partial charge >= 0.3 is 0 Å². The SMILES string of the molecule is CCCOc1ccccc1NC1CCCN(C)CC1. The summed E-state index contributed by atoms with van der Waals surface area (Å²) in [5.74, 6) is 0.988. The number of rotatable bonds is 5. The fraction of sp³-hybridized carbons (Fsp3) is 0.625. The lowest BCUT2D eigenvalue weighted by Gasteiger charge is -2.20. The van der Waals surface area contributed by atoms with Crippen molar-refractivity contribution in [2.24, 2.45) is 0 Å². The molecule has 1 aliphatic rings. The standard InChI is InChI=1S/C16H26N2O/c1-3-13-19-16-9-5-4-8-15(16)17-14-7-6-11-18(2)12-10-14/h4-5,8-9,14,17H,3,6-7,10-13H2,1-2H3. The highest BCUT2D eigenvalue weighted by Gasteiger charge is 2.15. The van der Waals surface area contributed by atoms with E-state index in [2.05, 4.69) is 42.4 Å². The van der Waals surface area contributed by atoms with E-state index in [-0.39, 0.29) is 0 Å². The molecule has 0 bridgehead atoms. The highest BCUT2D eigenvalue weighted by molar-refractivity contribution is 5.56. The molecule has 1 aliphatic heterocycles. The minimum atomic E-state index is 0.566. The molecule has 2 rings (SSSR count). The average Bonchev–Trinajstić information content (AvgIpc) is 2.63. The first-order chi connectivity index (χ1) is 9.29. The first-order valence-electron chi connectivity index (χ1n) is 7.46. The molecular weight excluding hydrogens is 236 g/mol. The van der Waals surface area contributed by atoms with Crippen LogP contribution in [0.15, 0.2) is 24.3 Å². The summed E-state index contributed by atoms with van der Waals surface area (Å²) in [5.41, 5.74) is 1.14. The quantitative estimate of drug-likeness (QED) is 0.880. The van der Waals surface area contributed by atoms with Crippen molar-refractivity contribution >= 4 is 5.69 Å². The number of para-hydroxylation sites is 2. The smallest absolute Gasteiger partial charge is 0.142 e. The number of ether oxygens (including phenoxy) is 1. The van der Waals surface area contributed by atoms with E-state index in [9.17, 15) is 0 Å². The van der Waals surface area contributed by atoms with E-state index >= 15 is 0 Å². The zero-order valence-corrected chi connectivity index (χ0v) is 12.2. The van der Waals surface area contributed by atoms with Crippen LogP contribution in [-0.4, -0.2) is 37.7 Å². The van der Waals surface area contributed by atoms with Gasteiger partial charge in [0.25, 0.3) is 0 Å². The number of hydrogen-bond acceptors (Lipinski definition) is 3. The molecule has 3 nitrogen and oxygen atoms in total. The van der Waals surface area contributed by atoms with Gasteiger partial charge in [0.2, 0.25) is 0 Å². The largest absolute Gasteiger partial charge is 0.491 e. The molecule has 3 heteroatoms. The predicted octanol–water partition coefficient (Wildman–Crippen LogP) is 3.37. The molecule has 0 radical (unpaired) electrons. The van der Waals surface area contributed by atoms with Gasteiger partial charge in [0.05, 0.1) is 12.3 Å². The van der Waals surface area contributed by atoms with Crippen molar-refractivity contribution in [1.29, 1.82) is 0 Å². The summed E-state index contributed by atoms with van der Waals surface area (Å²) >= 11 is 0. The zero-order valence-electron chi connectivity index (χ0n) is 12.2. The first-order valence-corrected chi connectivity index (χ1v) is 7.46. The predicted molar refractivity (Wildman–Crippen MR) is 81.0 cm³/mol. The summed E-state index contributed by atoms with van der Waals surface area (Å²) < 4.78 is 5.81. The van der Waals surface area contributed by atoms with Crippen molar-refractivity contribution in [3.63, 3.8) is 0 Å². The Bertz CT molecular complexity index is 381. The van der Waals surface area contributed by atoms with E-state index < -0.39 is 0 Å². The lowest BCUT2D eigenvalue weighted by Crippen LogP contribution is -2.23. The Labute approximate surface area is 116 Å². The molecule has 1 fully saturated rings. The third-order valence-electron chi connectivity index (χ3n) is 3.66. The van der Waals surface area contributed by atoms with Crippen molar-refractivity contribution in [2.45, 2.75) is 38.6 Å². The third-order valence-corrected chi connectivity index (χ3v) is 3.66. The Morgan fingerprint density at radius 1 is 1.26 bits per heavy atom. The second-order valence-electron chi connectivity index (χ2n) is 5.42. The maximum absolute atomic E-state index is 5.81. The Balaban J connectivity index is 1.97. The molecule has 1 unspecified atom stereocenters. The van der Waals surface area contributed by atoms with Crippen LogP contribution in [0.25, 0.3) is 0 Å². The van der Waals surface area contributed by atoms with Gasteiger partial charge in [-0.05, 0) is 58.0 Å². The molecule has 0 aliphatic carbocycles. The van der Waals surface area contributed by atoms with Crippen LogP contribution in [0.4, 0.5) is 5.69 Å². The molecule has 0 spiro atoms. The Morgan fingerprint density at radius 3 is 2.95 bits per heavy atom. The number of likely N-dealkylation sites (tertiary alicyclic amines) is 1. The Hall–Kier alpha value is -1.22. The minimum absolute atomic E-state index is 0.566. The Kier molecular flexibility index (Phi) is 5.52. The second kappa shape index (κ2) is 7.39. The molecule has 1 saturated heterocycles. The molecule has 1 N–H and O–H groups in total. The van der Waals surface area contributed by atoms with E-state index in [1.807, 2.05) is 6.07 Å². The van der Waals surface area contributed by atoms with Crippen molar-refractivity contribution in [3.8, 4) is 5.75 Å². The van der Waals surface area contributed by atoms with Gasteiger partial charge in [-0.15, -0.1) is 0 Å². The van der Waals surface area contributed by atoms with Gasteiger partial charge < -0.3 is 15.0 Å². The van der Waals surface area contributed by atoms with Crippen LogP contribution in [0.3, 0.4) is 0 Å². The summed E-state index contributed by atoms with van der Waals surface area (Å²) in [6.07, 6.45) is 4.76. The summed E-state index contributed by atoms with van der Waals surface area (Å²) in [4.78, 5) is 2.42. The fourth-order valence-electron chi connectivity index (χ4n) is 2.53. The van der Waals surface area contributed by atoms with Crippen molar-refractivity contribution in [3.05, 3.63) is 24.3 Å². The number of hydrogen-bond donors (Lipinski definition) is 1. The number of nitrogens with one attached hydrogen (secondary N) is 1. The number of benzene rings is 1. The maximum atomic E-state index is 5.81. The van der Waals surface area contributed by atoms with Gasteiger partial charge in [0.1, 0.15) is 5.75 Å². The summed E-state index contributed by atoms with van der Waals surface area (Å²) in [5, 5.41) is 3.67. The fourth-order valence-corrected chi connectivity index (χ4v) is 2.53. The molecule has 0 aromatic heterocycles. The molecule has 1 aromatic rings. The molecular formula is C16H26N2O. The summed E-state index contributed by atoms with van der Waals surface area (Å²) in [6, 6.07) is 8.86. The van der Waals surface area contributed by atoms with E-state index in [1.54, 1.807) is 0 Å².